The Hall–Kier alpha value is -1.72. The fourth-order valence-corrected chi connectivity index (χ4v) is 2.64. The van der Waals surface area contributed by atoms with Crippen LogP contribution in [0.25, 0.3) is 0 Å². The highest BCUT2D eigenvalue weighted by Crippen LogP contribution is 2.11. The summed E-state index contributed by atoms with van der Waals surface area (Å²) in [7, 11) is 1.66. The summed E-state index contributed by atoms with van der Waals surface area (Å²) in [4.78, 5) is 16.4. The summed E-state index contributed by atoms with van der Waals surface area (Å²) >= 11 is 1.58. The van der Waals surface area contributed by atoms with Crippen molar-refractivity contribution in [1.29, 1.82) is 0 Å². The topological polar surface area (TPSA) is 51.2 Å². The molecule has 0 saturated carbocycles. The quantitative estimate of drug-likeness (QED) is 0.889. The van der Waals surface area contributed by atoms with Crippen LogP contribution in [-0.2, 0) is 17.8 Å². The van der Waals surface area contributed by atoms with Crippen LogP contribution in [0, 0.1) is 6.92 Å². The first kappa shape index (κ1) is 14.7. The summed E-state index contributed by atoms with van der Waals surface area (Å²) < 4.78 is 5.03. The summed E-state index contributed by atoms with van der Waals surface area (Å²) in [6.07, 6.45) is 0.734. The maximum atomic E-state index is 11.9. The van der Waals surface area contributed by atoms with Gasteiger partial charge in [0.15, 0.2) is 0 Å². The molecular weight excluding hydrogens is 272 g/mol. The van der Waals surface area contributed by atoms with Gasteiger partial charge in [0.05, 0.1) is 12.3 Å². The molecule has 20 heavy (non-hydrogen) atoms. The molecule has 1 aromatic heterocycles. The van der Waals surface area contributed by atoms with Crippen LogP contribution in [0.3, 0.4) is 0 Å². The Labute approximate surface area is 122 Å². The van der Waals surface area contributed by atoms with E-state index in [1.807, 2.05) is 36.6 Å². The highest BCUT2D eigenvalue weighted by atomic mass is 32.1. The molecule has 5 heteroatoms. The molecule has 0 unspecified atom stereocenters. The van der Waals surface area contributed by atoms with E-state index in [4.69, 9.17) is 4.74 Å². The van der Waals surface area contributed by atoms with E-state index in [0.29, 0.717) is 18.7 Å². The van der Waals surface area contributed by atoms with Crippen LogP contribution in [0.4, 0.5) is 0 Å². The van der Waals surface area contributed by atoms with Gasteiger partial charge in [0.2, 0.25) is 0 Å². The minimum absolute atomic E-state index is 0.0407. The van der Waals surface area contributed by atoms with Gasteiger partial charge in [-0.1, -0.05) is 17.7 Å². The predicted octanol–water partition coefficient (Wildman–Crippen LogP) is 2.57. The van der Waals surface area contributed by atoms with Crippen LogP contribution in [0.2, 0.25) is 0 Å². The molecule has 0 radical (unpaired) electrons. The fraction of sp³-hybridized carbons (Fsp3) is 0.333. The van der Waals surface area contributed by atoms with Crippen molar-refractivity contribution in [1.82, 2.24) is 10.3 Å². The monoisotopic (exact) mass is 290 g/mol. The van der Waals surface area contributed by atoms with E-state index < -0.39 is 0 Å². The van der Waals surface area contributed by atoms with Crippen molar-refractivity contribution in [2.24, 2.45) is 0 Å². The van der Waals surface area contributed by atoms with Crippen molar-refractivity contribution in [3.8, 4) is 0 Å². The van der Waals surface area contributed by atoms with Crippen LogP contribution in [-0.4, -0.2) is 24.5 Å². The summed E-state index contributed by atoms with van der Waals surface area (Å²) in [5, 5.41) is 5.88. The molecule has 0 aliphatic heterocycles. The number of aryl methyl sites for hydroxylation is 1. The van der Waals surface area contributed by atoms with E-state index in [1.165, 1.54) is 0 Å². The minimum Gasteiger partial charge on any atom is -0.378 e. The van der Waals surface area contributed by atoms with Crippen molar-refractivity contribution in [3.63, 3.8) is 0 Å². The second-order valence-electron chi connectivity index (χ2n) is 4.54. The van der Waals surface area contributed by atoms with Crippen molar-refractivity contribution in [3.05, 3.63) is 51.5 Å². The molecule has 0 atom stereocenters. The van der Waals surface area contributed by atoms with Gasteiger partial charge >= 0.3 is 0 Å². The van der Waals surface area contributed by atoms with Crippen LogP contribution >= 0.6 is 11.3 Å². The molecule has 0 aliphatic rings. The standard InChI is InChI=1S/C15H18N2O2S/c1-11-4-3-5-12(8-11)15(18)16-7-6-13-10-20-14(17-13)9-19-2/h3-5,8,10H,6-7,9H2,1-2H3,(H,16,18). The number of carbonyl (C=O) groups is 1. The number of ether oxygens (including phenoxy) is 1. The molecule has 0 fully saturated rings. The van der Waals surface area contributed by atoms with Gasteiger partial charge in [0, 0.05) is 31.0 Å². The van der Waals surface area contributed by atoms with E-state index in [-0.39, 0.29) is 5.91 Å². The van der Waals surface area contributed by atoms with Crippen molar-refractivity contribution in [2.75, 3.05) is 13.7 Å². The first-order valence-electron chi connectivity index (χ1n) is 6.46. The van der Waals surface area contributed by atoms with Crippen LogP contribution in [0.15, 0.2) is 29.6 Å². The van der Waals surface area contributed by atoms with Gasteiger partial charge in [0.1, 0.15) is 5.01 Å². The maximum absolute atomic E-state index is 11.9. The van der Waals surface area contributed by atoms with Crippen LogP contribution in [0.5, 0.6) is 0 Å². The van der Waals surface area contributed by atoms with Gasteiger partial charge in [-0.25, -0.2) is 4.98 Å². The summed E-state index contributed by atoms with van der Waals surface area (Å²) in [6.45, 7) is 3.10. The van der Waals surface area contributed by atoms with E-state index >= 15 is 0 Å². The van der Waals surface area contributed by atoms with Gasteiger partial charge in [-0.15, -0.1) is 11.3 Å². The lowest BCUT2D eigenvalue weighted by Gasteiger charge is -2.04. The largest absolute Gasteiger partial charge is 0.378 e. The van der Waals surface area contributed by atoms with Crippen LogP contribution in [0.1, 0.15) is 26.6 Å². The van der Waals surface area contributed by atoms with E-state index in [9.17, 15) is 4.79 Å². The molecular formula is C15H18N2O2S. The first-order valence-corrected chi connectivity index (χ1v) is 7.34. The number of amides is 1. The Balaban J connectivity index is 1.81. The molecule has 0 spiro atoms. The molecule has 1 N–H and O–H groups in total. The van der Waals surface area contributed by atoms with Crippen LogP contribution < -0.4 is 5.32 Å². The van der Waals surface area contributed by atoms with E-state index in [0.717, 1.165) is 22.7 Å². The molecule has 0 saturated heterocycles. The zero-order valence-electron chi connectivity index (χ0n) is 11.7. The van der Waals surface area contributed by atoms with Gasteiger partial charge in [-0.3, -0.25) is 4.79 Å². The Bertz CT molecular complexity index is 581. The minimum atomic E-state index is -0.0407. The number of aromatic nitrogens is 1. The lowest BCUT2D eigenvalue weighted by Crippen LogP contribution is -2.25. The highest BCUT2D eigenvalue weighted by Gasteiger charge is 2.06. The number of hydrogen-bond acceptors (Lipinski definition) is 4. The SMILES string of the molecule is COCc1nc(CCNC(=O)c2cccc(C)c2)cs1. The molecule has 4 nitrogen and oxygen atoms in total. The summed E-state index contributed by atoms with van der Waals surface area (Å²) in [5.41, 5.74) is 2.77. The molecule has 2 aromatic rings. The fourth-order valence-electron chi connectivity index (χ4n) is 1.85. The van der Waals surface area contributed by atoms with E-state index in [1.54, 1.807) is 18.4 Å². The molecule has 0 bridgehead atoms. The molecule has 0 aliphatic carbocycles. The third kappa shape index (κ3) is 4.15. The molecule has 1 heterocycles. The van der Waals surface area contributed by atoms with Gasteiger partial charge < -0.3 is 10.1 Å². The van der Waals surface area contributed by atoms with E-state index in [2.05, 4.69) is 10.3 Å². The number of carbonyl (C=O) groups excluding carboxylic acids is 1. The smallest absolute Gasteiger partial charge is 0.251 e. The lowest BCUT2D eigenvalue weighted by atomic mass is 10.1. The molecule has 1 amide bonds. The summed E-state index contributed by atoms with van der Waals surface area (Å²) in [5.74, 6) is -0.0407. The zero-order chi connectivity index (χ0) is 14.4. The van der Waals surface area contributed by atoms with Crippen molar-refractivity contribution < 1.29 is 9.53 Å². The first-order chi connectivity index (χ1) is 9.69. The normalized spacial score (nSPS) is 10.5. The average Bonchev–Trinajstić information content (AvgIpc) is 2.87. The van der Waals surface area contributed by atoms with Crippen molar-refractivity contribution >= 4 is 17.2 Å². The molecule has 2 rings (SSSR count). The van der Waals surface area contributed by atoms with Gasteiger partial charge in [-0.05, 0) is 19.1 Å². The highest BCUT2D eigenvalue weighted by molar-refractivity contribution is 7.09. The number of thiazole rings is 1. The van der Waals surface area contributed by atoms with Gasteiger partial charge in [-0.2, -0.15) is 0 Å². The maximum Gasteiger partial charge on any atom is 0.251 e. The summed E-state index contributed by atoms with van der Waals surface area (Å²) in [6, 6.07) is 7.57. The Morgan fingerprint density at radius 1 is 1.45 bits per heavy atom. The van der Waals surface area contributed by atoms with Crippen molar-refractivity contribution in [2.45, 2.75) is 20.0 Å². The number of nitrogens with zero attached hydrogens (tertiary/aromatic N) is 1. The number of benzene rings is 1. The number of methoxy groups -OCH3 is 1. The Morgan fingerprint density at radius 3 is 3.05 bits per heavy atom. The molecule has 106 valence electrons. The second-order valence-corrected chi connectivity index (χ2v) is 5.48. The molecule has 1 aromatic carbocycles. The average molecular weight is 290 g/mol. The number of rotatable bonds is 6. The number of nitrogens with one attached hydrogen (secondary N) is 1. The Morgan fingerprint density at radius 2 is 2.30 bits per heavy atom. The third-order valence-corrected chi connectivity index (χ3v) is 3.69. The number of hydrogen-bond donors (Lipinski definition) is 1. The third-order valence-electron chi connectivity index (χ3n) is 2.81. The Kier molecular flexibility index (Phi) is 5.26. The zero-order valence-corrected chi connectivity index (χ0v) is 12.5. The lowest BCUT2D eigenvalue weighted by molar-refractivity contribution is 0.0954. The van der Waals surface area contributed by atoms with Gasteiger partial charge in [0.25, 0.3) is 5.91 Å². The second kappa shape index (κ2) is 7.17. The predicted molar refractivity (Wildman–Crippen MR) is 80.0 cm³/mol.